The molecule has 2 saturated carbocycles. The SMILES string of the molecule is [Cl-].[Cl-].[Cl-].[Ti+3][CH]1C2C=CC=CC2C2CCCCC12. The van der Waals surface area contributed by atoms with Crippen molar-refractivity contribution in [3.05, 3.63) is 24.3 Å². The molecule has 0 heterocycles. The van der Waals surface area contributed by atoms with Gasteiger partial charge in [-0.2, -0.15) is 0 Å². The fourth-order valence-electron chi connectivity index (χ4n) is 3.83. The van der Waals surface area contributed by atoms with Gasteiger partial charge in [0.25, 0.3) is 0 Å². The maximum atomic E-state index is 2.48. The Morgan fingerprint density at radius 3 is 1.94 bits per heavy atom. The molecule has 0 bridgehead atoms. The summed E-state index contributed by atoms with van der Waals surface area (Å²) >= 11 is 2.48. The zero-order chi connectivity index (χ0) is 9.54. The Labute approximate surface area is 135 Å². The van der Waals surface area contributed by atoms with Crippen molar-refractivity contribution in [1.29, 1.82) is 0 Å². The number of halogens is 3. The van der Waals surface area contributed by atoms with Crippen molar-refractivity contribution < 1.29 is 57.7 Å². The standard InChI is InChI=1S/C13H17.3ClH.Ti/c1-3-7-12-10(5-1)9-11-6-2-4-8-13(11)12;;;;/h1,3,5,7,9-13H,2,4,6,8H2;3*1H;/q;;;;+3/p-3. The van der Waals surface area contributed by atoms with Crippen molar-refractivity contribution in [2.75, 3.05) is 0 Å². The number of hydrogen-bond acceptors (Lipinski definition) is 0. The minimum atomic E-state index is 0. The van der Waals surface area contributed by atoms with Crippen LogP contribution < -0.4 is 37.2 Å². The van der Waals surface area contributed by atoms with Crippen molar-refractivity contribution in [2.24, 2.45) is 23.7 Å². The summed E-state index contributed by atoms with van der Waals surface area (Å²) in [6.45, 7) is 0. The monoisotopic (exact) mass is 326 g/mol. The van der Waals surface area contributed by atoms with Crippen LogP contribution in [0.25, 0.3) is 0 Å². The molecule has 3 aliphatic carbocycles. The van der Waals surface area contributed by atoms with Gasteiger partial charge in [-0.1, -0.05) is 0 Å². The van der Waals surface area contributed by atoms with E-state index in [1.54, 1.807) is 0 Å². The summed E-state index contributed by atoms with van der Waals surface area (Å²) in [6, 6.07) is 0. The van der Waals surface area contributed by atoms with E-state index in [-0.39, 0.29) is 37.2 Å². The second kappa shape index (κ2) is 7.60. The van der Waals surface area contributed by atoms with E-state index in [1.807, 2.05) is 0 Å². The van der Waals surface area contributed by atoms with Crippen molar-refractivity contribution in [3.63, 3.8) is 0 Å². The molecule has 0 nitrogen and oxygen atoms in total. The summed E-state index contributed by atoms with van der Waals surface area (Å²) in [4.78, 5) is 0. The van der Waals surface area contributed by atoms with Gasteiger partial charge in [-0.05, 0) is 0 Å². The van der Waals surface area contributed by atoms with Gasteiger partial charge in [-0.3, -0.25) is 0 Å². The van der Waals surface area contributed by atoms with Crippen LogP contribution in [0, 0.1) is 23.7 Å². The molecular weight excluding hydrogens is 310 g/mol. The van der Waals surface area contributed by atoms with Gasteiger partial charge in [-0.15, -0.1) is 0 Å². The topological polar surface area (TPSA) is 0 Å². The van der Waals surface area contributed by atoms with Crippen LogP contribution in [0.5, 0.6) is 0 Å². The summed E-state index contributed by atoms with van der Waals surface area (Å²) in [5.41, 5.74) is 0. The van der Waals surface area contributed by atoms with Gasteiger partial charge >= 0.3 is 98.3 Å². The van der Waals surface area contributed by atoms with E-state index in [2.05, 4.69) is 44.7 Å². The van der Waals surface area contributed by atoms with Crippen molar-refractivity contribution in [3.8, 4) is 0 Å². The molecule has 3 aliphatic rings. The average Bonchev–Trinajstić information content (AvgIpc) is 2.55. The van der Waals surface area contributed by atoms with Crippen LogP contribution in [0.3, 0.4) is 0 Å². The first-order valence-electron chi connectivity index (χ1n) is 5.94. The van der Waals surface area contributed by atoms with Crippen LogP contribution in [-0.2, 0) is 20.4 Å². The first kappa shape index (κ1) is 18.1. The minimum absolute atomic E-state index is 0. The molecule has 0 aliphatic heterocycles. The average molecular weight is 328 g/mol. The Morgan fingerprint density at radius 2 is 1.29 bits per heavy atom. The molecule has 0 spiro atoms. The van der Waals surface area contributed by atoms with E-state index < -0.39 is 0 Å². The predicted octanol–water partition coefficient (Wildman–Crippen LogP) is -5.49. The Kier molecular flexibility index (Phi) is 8.08. The molecule has 0 aromatic rings. The molecule has 0 aromatic carbocycles. The molecule has 17 heavy (non-hydrogen) atoms. The number of fused-ring (bicyclic) bond motifs is 3. The van der Waals surface area contributed by atoms with E-state index in [1.165, 1.54) is 25.7 Å². The fourth-order valence-corrected chi connectivity index (χ4v) is 4.99. The van der Waals surface area contributed by atoms with Crippen molar-refractivity contribution in [1.82, 2.24) is 0 Å². The molecule has 0 radical (unpaired) electrons. The maximum absolute atomic E-state index is 2.48. The van der Waals surface area contributed by atoms with Gasteiger partial charge in [0, 0.05) is 0 Å². The van der Waals surface area contributed by atoms with Crippen LogP contribution >= 0.6 is 0 Å². The van der Waals surface area contributed by atoms with E-state index in [9.17, 15) is 0 Å². The van der Waals surface area contributed by atoms with Gasteiger partial charge in [-0.25, -0.2) is 0 Å². The quantitative estimate of drug-likeness (QED) is 0.390. The molecular formula is C13H17Cl3Ti. The van der Waals surface area contributed by atoms with Gasteiger partial charge in [0.05, 0.1) is 0 Å². The number of allylic oxidation sites excluding steroid dienone is 4. The van der Waals surface area contributed by atoms with Crippen LogP contribution in [0.15, 0.2) is 24.3 Å². The summed E-state index contributed by atoms with van der Waals surface area (Å²) in [7, 11) is 0. The zero-order valence-electron chi connectivity index (χ0n) is 9.66. The summed E-state index contributed by atoms with van der Waals surface area (Å²) in [5, 5.41) is 0. The van der Waals surface area contributed by atoms with Crippen LogP contribution in [-0.4, -0.2) is 0 Å². The summed E-state index contributed by atoms with van der Waals surface area (Å²) in [6.07, 6.45) is 15.4. The zero-order valence-corrected chi connectivity index (χ0v) is 13.5. The molecule has 5 atom stereocenters. The summed E-state index contributed by atoms with van der Waals surface area (Å²) < 4.78 is 0.937. The number of rotatable bonds is 0. The number of hydrogen-bond donors (Lipinski definition) is 0. The third-order valence-corrected chi connectivity index (χ3v) is 5.74. The Morgan fingerprint density at radius 1 is 0.765 bits per heavy atom. The third kappa shape index (κ3) is 3.15. The fraction of sp³-hybridized carbons (Fsp3) is 0.692. The molecule has 4 heteroatoms. The molecule has 0 saturated heterocycles. The van der Waals surface area contributed by atoms with Gasteiger partial charge < -0.3 is 37.2 Å². The van der Waals surface area contributed by atoms with E-state index in [4.69, 9.17) is 0 Å². The Balaban J connectivity index is 0.000000853. The molecule has 2 fully saturated rings. The first-order chi connectivity index (χ1) is 6.88. The van der Waals surface area contributed by atoms with Gasteiger partial charge in [0.2, 0.25) is 0 Å². The Bertz CT molecular complexity index is 290. The molecule has 5 unspecified atom stereocenters. The van der Waals surface area contributed by atoms with Crippen molar-refractivity contribution in [2.45, 2.75) is 29.9 Å². The summed E-state index contributed by atoms with van der Waals surface area (Å²) in [5.74, 6) is 3.81. The molecule has 0 amide bonds. The van der Waals surface area contributed by atoms with Crippen LogP contribution in [0.1, 0.15) is 25.7 Å². The van der Waals surface area contributed by atoms with Crippen LogP contribution in [0.2, 0.25) is 4.22 Å². The molecule has 0 aromatic heterocycles. The third-order valence-electron chi connectivity index (χ3n) is 4.47. The van der Waals surface area contributed by atoms with E-state index in [0.717, 1.165) is 27.9 Å². The first-order valence-corrected chi connectivity index (χ1v) is 6.84. The predicted molar refractivity (Wildman–Crippen MR) is 54.5 cm³/mol. The second-order valence-corrected chi connectivity index (χ2v) is 6.10. The van der Waals surface area contributed by atoms with Crippen LogP contribution in [0.4, 0.5) is 0 Å². The molecule has 3 rings (SSSR count). The van der Waals surface area contributed by atoms with E-state index >= 15 is 0 Å². The molecule has 0 N–H and O–H groups in total. The normalized spacial score (nSPS) is 41.4. The van der Waals surface area contributed by atoms with E-state index in [0.29, 0.717) is 0 Å². The molecule has 94 valence electrons. The van der Waals surface area contributed by atoms with Crippen molar-refractivity contribution >= 4 is 0 Å². The Hall–Kier alpha value is 1.06. The van der Waals surface area contributed by atoms with Gasteiger partial charge in [0.15, 0.2) is 0 Å². The van der Waals surface area contributed by atoms with Gasteiger partial charge in [0.1, 0.15) is 0 Å². The second-order valence-electron chi connectivity index (χ2n) is 5.06.